The Morgan fingerprint density at radius 3 is 2.58 bits per heavy atom. The standard InChI is InChI=1S/C21H25N5O4S/c1-14-23-19-7-4-5-8-20(19)26(14)12-6-11-22-21(28)17-13-16(24-15(2)27)9-10-18(17)25-31(3,29)30/h4-5,7-10,13,25H,6,11-12H2,1-3H3,(H,22,28)(H,24,27). The quantitative estimate of drug-likeness (QED) is 0.462. The van der Waals surface area contributed by atoms with Crippen LogP contribution in [-0.4, -0.2) is 42.6 Å². The van der Waals surface area contributed by atoms with Crippen molar-refractivity contribution in [2.75, 3.05) is 22.8 Å². The van der Waals surface area contributed by atoms with Gasteiger partial charge in [0.05, 0.1) is 28.5 Å². The first kappa shape index (κ1) is 22.3. The van der Waals surface area contributed by atoms with E-state index in [-0.39, 0.29) is 17.2 Å². The van der Waals surface area contributed by atoms with E-state index in [0.29, 0.717) is 25.2 Å². The van der Waals surface area contributed by atoms with Crippen molar-refractivity contribution in [2.24, 2.45) is 0 Å². The summed E-state index contributed by atoms with van der Waals surface area (Å²) in [6.45, 7) is 4.35. The van der Waals surface area contributed by atoms with E-state index in [1.54, 1.807) is 0 Å². The second kappa shape index (κ2) is 9.17. The first-order valence-corrected chi connectivity index (χ1v) is 11.6. The third-order valence-electron chi connectivity index (χ3n) is 4.57. The minimum atomic E-state index is -3.58. The van der Waals surface area contributed by atoms with Crippen LogP contribution in [0, 0.1) is 6.92 Å². The molecule has 10 heteroatoms. The number of nitrogens with one attached hydrogen (secondary N) is 3. The van der Waals surface area contributed by atoms with Crippen LogP contribution in [0.5, 0.6) is 0 Å². The maximum Gasteiger partial charge on any atom is 0.253 e. The molecule has 0 unspecified atom stereocenters. The molecule has 0 spiro atoms. The van der Waals surface area contributed by atoms with Crippen LogP contribution in [0.1, 0.15) is 29.5 Å². The van der Waals surface area contributed by atoms with Crippen molar-refractivity contribution in [1.82, 2.24) is 14.9 Å². The van der Waals surface area contributed by atoms with Gasteiger partial charge in [0.1, 0.15) is 5.82 Å². The van der Waals surface area contributed by atoms with Gasteiger partial charge >= 0.3 is 0 Å². The molecular weight excluding hydrogens is 418 g/mol. The fourth-order valence-electron chi connectivity index (χ4n) is 3.31. The number of amides is 2. The lowest BCUT2D eigenvalue weighted by Crippen LogP contribution is -2.27. The first-order valence-electron chi connectivity index (χ1n) is 9.73. The molecule has 0 saturated heterocycles. The molecule has 0 aliphatic heterocycles. The van der Waals surface area contributed by atoms with Crippen LogP contribution < -0.4 is 15.4 Å². The second-order valence-corrected chi connectivity index (χ2v) is 8.97. The van der Waals surface area contributed by atoms with Crippen molar-refractivity contribution in [3.8, 4) is 0 Å². The summed E-state index contributed by atoms with van der Waals surface area (Å²) in [4.78, 5) is 28.6. The molecular formula is C21H25N5O4S. The average molecular weight is 444 g/mol. The van der Waals surface area contributed by atoms with E-state index in [0.717, 1.165) is 23.1 Å². The number of fused-ring (bicyclic) bond motifs is 1. The van der Waals surface area contributed by atoms with Crippen molar-refractivity contribution < 1.29 is 18.0 Å². The number of aromatic nitrogens is 2. The van der Waals surface area contributed by atoms with Crippen molar-refractivity contribution >= 4 is 44.2 Å². The number of carbonyl (C=O) groups excluding carboxylic acids is 2. The number of benzene rings is 2. The van der Waals surface area contributed by atoms with E-state index in [2.05, 4.69) is 24.9 Å². The van der Waals surface area contributed by atoms with Gasteiger partial charge in [-0.15, -0.1) is 0 Å². The minimum Gasteiger partial charge on any atom is -0.352 e. The van der Waals surface area contributed by atoms with Crippen LogP contribution in [0.2, 0.25) is 0 Å². The van der Waals surface area contributed by atoms with Gasteiger partial charge in [0.25, 0.3) is 5.91 Å². The maximum atomic E-state index is 12.8. The summed E-state index contributed by atoms with van der Waals surface area (Å²) in [5.41, 5.74) is 2.63. The highest BCUT2D eigenvalue weighted by Gasteiger charge is 2.16. The number of aryl methyl sites for hydroxylation is 2. The molecule has 3 rings (SSSR count). The van der Waals surface area contributed by atoms with E-state index in [1.165, 1.54) is 25.1 Å². The fourth-order valence-corrected chi connectivity index (χ4v) is 3.89. The summed E-state index contributed by atoms with van der Waals surface area (Å²) >= 11 is 0. The summed E-state index contributed by atoms with van der Waals surface area (Å²) in [5, 5.41) is 5.41. The molecule has 0 aliphatic rings. The van der Waals surface area contributed by atoms with Crippen molar-refractivity contribution in [1.29, 1.82) is 0 Å². The zero-order valence-corrected chi connectivity index (χ0v) is 18.4. The molecule has 31 heavy (non-hydrogen) atoms. The lowest BCUT2D eigenvalue weighted by atomic mass is 10.1. The highest BCUT2D eigenvalue weighted by atomic mass is 32.2. The third kappa shape index (κ3) is 5.82. The van der Waals surface area contributed by atoms with Crippen LogP contribution in [0.25, 0.3) is 11.0 Å². The van der Waals surface area contributed by atoms with Crippen molar-refractivity contribution in [3.63, 3.8) is 0 Å². The molecule has 3 N–H and O–H groups in total. The van der Waals surface area contributed by atoms with E-state index in [9.17, 15) is 18.0 Å². The summed E-state index contributed by atoms with van der Waals surface area (Å²) in [6.07, 6.45) is 1.67. The molecule has 1 heterocycles. The molecule has 9 nitrogen and oxygen atoms in total. The fraction of sp³-hybridized carbons (Fsp3) is 0.286. The molecule has 1 aromatic heterocycles. The van der Waals surface area contributed by atoms with Gasteiger partial charge in [0.2, 0.25) is 15.9 Å². The van der Waals surface area contributed by atoms with Gasteiger partial charge < -0.3 is 15.2 Å². The number of nitrogens with zero attached hydrogens (tertiary/aromatic N) is 2. The van der Waals surface area contributed by atoms with Crippen LogP contribution in [-0.2, 0) is 21.4 Å². The van der Waals surface area contributed by atoms with Crippen LogP contribution in [0.4, 0.5) is 11.4 Å². The number of hydrogen-bond acceptors (Lipinski definition) is 5. The first-order chi connectivity index (χ1) is 14.6. The molecule has 164 valence electrons. The molecule has 2 aromatic carbocycles. The number of rotatable bonds is 8. The molecule has 0 fully saturated rings. The summed E-state index contributed by atoms with van der Waals surface area (Å²) in [5.74, 6) is 0.166. The zero-order chi connectivity index (χ0) is 22.6. The topological polar surface area (TPSA) is 122 Å². The van der Waals surface area contributed by atoms with Gasteiger partial charge in [-0.05, 0) is 43.7 Å². The number of para-hydroxylation sites is 2. The predicted molar refractivity (Wildman–Crippen MR) is 121 cm³/mol. The van der Waals surface area contributed by atoms with Gasteiger partial charge in [-0.25, -0.2) is 13.4 Å². The molecule has 0 aliphatic carbocycles. The summed E-state index contributed by atoms with van der Waals surface area (Å²) in [6, 6.07) is 12.3. The van der Waals surface area contributed by atoms with Crippen molar-refractivity contribution in [3.05, 3.63) is 53.9 Å². The van der Waals surface area contributed by atoms with Crippen molar-refractivity contribution in [2.45, 2.75) is 26.8 Å². The van der Waals surface area contributed by atoms with Gasteiger partial charge in [0, 0.05) is 25.7 Å². The smallest absolute Gasteiger partial charge is 0.253 e. The maximum absolute atomic E-state index is 12.8. The third-order valence-corrected chi connectivity index (χ3v) is 5.16. The molecule has 0 bridgehead atoms. The Morgan fingerprint density at radius 1 is 1.13 bits per heavy atom. The number of carbonyl (C=O) groups is 2. The Kier molecular flexibility index (Phi) is 6.59. The van der Waals surface area contributed by atoms with E-state index in [4.69, 9.17) is 0 Å². The SMILES string of the molecule is CC(=O)Nc1ccc(NS(C)(=O)=O)c(C(=O)NCCCn2c(C)nc3ccccc32)c1. The summed E-state index contributed by atoms with van der Waals surface area (Å²) in [7, 11) is -3.58. The Balaban J connectivity index is 1.69. The van der Waals surface area contributed by atoms with Gasteiger partial charge in [0.15, 0.2) is 0 Å². The van der Waals surface area contributed by atoms with Crippen LogP contribution in [0.3, 0.4) is 0 Å². The molecule has 0 radical (unpaired) electrons. The number of hydrogen-bond donors (Lipinski definition) is 3. The largest absolute Gasteiger partial charge is 0.352 e. The van der Waals surface area contributed by atoms with E-state index < -0.39 is 15.9 Å². The highest BCUT2D eigenvalue weighted by molar-refractivity contribution is 7.92. The Hall–Kier alpha value is -3.40. The lowest BCUT2D eigenvalue weighted by molar-refractivity contribution is -0.114. The molecule has 2 amide bonds. The number of anilines is 2. The van der Waals surface area contributed by atoms with Gasteiger partial charge in [-0.1, -0.05) is 12.1 Å². The number of imidazole rings is 1. The highest BCUT2D eigenvalue weighted by Crippen LogP contribution is 2.22. The predicted octanol–water partition coefficient (Wildman–Crippen LogP) is 2.49. The monoisotopic (exact) mass is 443 g/mol. The Morgan fingerprint density at radius 2 is 1.87 bits per heavy atom. The second-order valence-electron chi connectivity index (χ2n) is 7.22. The lowest BCUT2D eigenvalue weighted by Gasteiger charge is -2.13. The Labute approximate surface area is 180 Å². The van der Waals surface area contributed by atoms with Crippen LogP contribution >= 0.6 is 0 Å². The Bertz CT molecular complexity index is 1230. The normalized spacial score (nSPS) is 11.3. The molecule has 3 aromatic rings. The summed E-state index contributed by atoms with van der Waals surface area (Å²) < 4.78 is 27.7. The van der Waals surface area contributed by atoms with Crippen LogP contribution in [0.15, 0.2) is 42.5 Å². The van der Waals surface area contributed by atoms with E-state index in [1.807, 2.05) is 31.2 Å². The average Bonchev–Trinajstić information content (AvgIpc) is 3.00. The van der Waals surface area contributed by atoms with Gasteiger partial charge in [-0.3, -0.25) is 14.3 Å². The number of sulfonamides is 1. The molecule has 0 saturated carbocycles. The van der Waals surface area contributed by atoms with E-state index >= 15 is 0 Å². The minimum absolute atomic E-state index is 0.126. The molecule has 0 atom stereocenters. The van der Waals surface area contributed by atoms with Gasteiger partial charge in [-0.2, -0.15) is 0 Å². The zero-order valence-electron chi connectivity index (χ0n) is 17.6.